The number of nitrogens with zero attached hydrogens (tertiary/aromatic N) is 1. The number of hydrogen-bond acceptors (Lipinski definition) is 4. The molecule has 0 bridgehead atoms. The lowest BCUT2D eigenvalue weighted by Crippen LogP contribution is -2.37. The van der Waals surface area contributed by atoms with Crippen molar-refractivity contribution >= 4 is 5.91 Å². The van der Waals surface area contributed by atoms with Gasteiger partial charge in [0.2, 0.25) is 0 Å². The zero-order chi connectivity index (χ0) is 20.0. The average Bonchev–Trinajstić information content (AvgIpc) is 2.60. The highest BCUT2D eigenvalue weighted by molar-refractivity contribution is 5.77. The van der Waals surface area contributed by atoms with Crippen molar-refractivity contribution in [3.63, 3.8) is 0 Å². The minimum atomic E-state index is -0.135. The third-order valence-electron chi connectivity index (χ3n) is 4.55. The quantitative estimate of drug-likeness (QED) is 0.774. The van der Waals surface area contributed by atoms with Gasteiger partial charge in [-0.15, -0.1) is 0 Å². The van der Waals surface area contributed by atoms with E-state index in [-0.39, 0.29) is 18.6 Å². The molecule has 2 aromatic carbocycles. The lowest BCUT2D eigenvalue weighted by Gasteiger charge is -2.25. The van der Waals surface area contributed by atoms with Crippen molar-refractivity contribution in [1.82, 2.24) is 10.2 Å². The van der Waals surface area contributed by atoms with Crippen molar-refractivity contribution in [2.75, 3.05) is 34.4 Å². The van der Waals surface area contributed by atoms with Crippen LogP contribution in [0.1, 0.15) is 28.3 Å². The highest BCUT2D eigenvalue weighted by Gasteiger charge is 2.16. The van der Waals surface area contributed by atoms with E-state index >= 15 is 0 Å². The first-order valence-corrected chi connectivity index (χ1v) is 9.09. The summed E-state index contributed by atoms with van der Waals surface area (Å²) in [5, 5.41) is 2.97. The number of rotatable bonds is 8. The van der Waals surface area contributed by atoms with Gasteiger partial charge in [0, 0.05) is 6.54 Å². The topological polar surface area (TPSA) is 50.8 Å². The molecule has 0 aliphatic rings. The standard InChI is InChI=1S/C22H30N2O3/c1-15-10-16(2)22(17(3)11-15)27-14-21(25)23-13-20(24(4)5)18-8-7-9-19(12-18)26-6/h7-12,20H,13-14H2,1-6H3,(H,23,25). The molecule has 0 aliphatic heterocycles. The summed E-state index contributed by atoms with van der Waals surface area (Å²) in [7, 11) is 5.63. The molecule has 2 rings (SSSR count). The summed E-state index contributed by atoms with van der Waals surface area (Å²) in [6.45, 7) is 6.55. The van der Waals surface area contributed by atoms with Crippen LogP contribution in [0.2, 0.25) is 0 Å². The van der Waals surface area contributed by atoms with E-state index < -0.39 is 0 Å². The van der Waals surface area contributed by atoms with Gasteiger partial charge in [-0.1, -0.05) is 29.8 Å². The number of aryl methyl sites for hydroxylation is 3. The normalized spacial score (nSPS) is 12.0. The van der Waals surface area contributed by atoms with Crippen LogP contribution >= 0.6 is 0 Å². The molecular weight excluding hydrogens is 340 g/mol. The number of ether oxygens (including phenoxy) is 2. The minimum Gasteiger partial charge on any atom is -0.497 e. The highest BCUT2D eigenvalue weighted by atomic mass is 16.5. The van der Waals surface area contributed by atoms with E-state index in [1.165, 1.54) is 5.56 Å². The lowest BCUT2D eigenvalue weighted by atomic mass is 10.1. The lowest BCUT2D eigenvalue weighted by molar-refractivity contribution is -0.123. The third-order valence-corrected chi connectivity index (χ3v) is 4.55. The largest absolute Gasteiger partial charge is 0.497 e. The van der Waals surface area contributed by atoms with Crippen LogP contribution in [0.25, 0.3) is 0 Å². The Morgan fingerprint density at radius 1 is 1.11 bits per heavy atom. The molecule has 1 amide bonds. The van der Waals surface area contributed by atoms with Gasteiger partial charge in [0.05, 0.1) is 13.2 Å². The Labute approximate surface area is 162 Å². The Hall–Kier alpha value is -2.53. The first kappa shape index (κ1) is 20.8. The Morgan fingerprint density at radius 3 is 2.37 bits per heavy atom. The summed E-state index contributed by atoms with van der Waals surface area (Å²) >= 11 is 0. The summed E-state index contributed by atoms with van der Waals surface area (Å²) in [4.78, 5) is 14.4. The number of benzene rings is 2. The maximum absolute atomic E-state index is 12.3. The number of carbonyl (C=O) groups is 1. The third kappa shape index (κ3) is 5.73. The molecule has 0 spiro atoms. The van der Waals surface area contributed by atoms with Crippen LogP contribution in [-0.4, -0.2) is 45.2 Å². The van der Waals surface area contributed by atoms with E-state index in [0.29, 0.717) is 6.54 Å². The van der Waals surface area contributed by atoms with Gasteiger partial charge in [-0.05, 0) is 63.7 Å². The molecule has 0 fully saturated rings. The van der Waals surface area contributed by atoms with Gasteiger partial charge in [0.25, 0.3) is 5.91 Å². The van der Waals surface area contributed by atoms with Crippen LogP contribution in [0.4, 0.5) is 0 Å². The second-order valence-corrected chi connectivity index (χ2v) is 7.08. The first-order valence-electron chi connectivity index (χ1n) is 9.09. The van der Waals surface area contributed by atoms with Crippen molar-refractivity contribution < 1.29 is 14.3 Å². The van der Waals surface area contributed by atoms with Crippen LogP contribution < -0.4 is 14.8 Å². The van der Waals surface area contributed by atoms with Crippen LogP contribution in [-0.2, 0) is 4.79 Å². The van der Waals surface area contributed by atoms with Gasteiger partial charge in [0.1, 0.15) is 11.5 Å². The number of hydrogen-bond donors (Lipinski definition) is 1. The molecule has 27 heavy (non-hydrogen) atoms. The van der Waals surface area contributed by atoms with Crippen LogP contribution in [0.5, 0.6) is 11.5 Å². The van der Waals surface area contributed by atoms with Gasteiger partial charge in [-0.25, -0.2) is 0 Å². The van der Waals surface area contributed by atoms with Crippen molar-refractivity contribution in [3.8, 4) is 11.5 Å². The molecule has 1 unspecified atom stereocenters. The smallest absolute Gasteiger partial charge is 0.258 e. The van der Waals surface area contributed by atoms with Gasteiger partial charge < -0.3 is 19.7 Å². The fourth-order valence-corrected chi connectivity index (χ4v) is 3.24. The molecule has 5 heteroatoms. The number of likely N-dealkylation sites (N-methyl/N-ethyl adjacent to an activating group) is 1. The summed E-state index contributed by atoms with van der Waals surface area (Å²) in [5.74, 6) is 1.45. The van der Waals surface area contributed by atoms with E-state index in [4.69, 9.17) is 9.47 Å². The Kier molecular flexibility index (Phi) is 7.25. The molecule has 0 aromatic heterocycles. The molecule has 0 saturated carbocycles. The minimum absolute atomic E-state index is 0.00298. The fourth-order valence-electron chi connectivity index (χ4n) is 3.24. The summed E-state index contributed by atoms with van der Waals surface area (Å²) < 4.78 is 11.1. The van der Waals surface area contributed by atoms with Crippen molar-refractivity contribution in [2.45, 2.75) is 26.8 Å². The van der Waals surface area contributed by atoms with Crippen LogP contribution in [0.15, 0.2) is 36.4 Å². The molecule has 1 N–H and O–H groups in total. The van der Waals surface area contributed by atoms with Gasteiger partial charge >= 0.3 is 0 Å². The Balaban J connectivity index is 1.96. The second kappa shape index (κ2) is 9.42. The van der Waals surface area contributed by atoms with E-state index in [9.17, 15) is 4.79 Å². The predicted molar refractivity (Wildman–Crippen MR) is 109 cm³/mol. The number of nitrogens with one attached hydrogen (secondary N) is 1. The molecule has 146 valence electrons. The number of carbonyl (C=O) groups excluding carboxylic acids is 1. The number of amides is 1. The predicted octanol–water partition coefficient (Wildman–Crippen LogP) is 3.42. The molecular formula is C22H30N2O3. The van der Waals surface area contributed by atoms with Crippen molar-refractivity contribution in [2.24, 2.45) is 0 Å². The SMILES string of the molecule is COc1cccc(C(CNC(=O)COc2c(C)cc(C)cc2C)N(C)C)c1. The first-order chi connectivity index (χ1) is 12.8. The average molecular weight is 370 g/mol. The second-order valence-electron chi connectivity index (χ2n) is 7.08. The van der Waals surface area contributed by atoms with E-state index in [0.717, 1.165) is 28.2 Å². The summed E-state index contributed by atoms with van der Waals surface area (Å²) in [6.07, 6.45) is 0. The van der Waals surface area contributed by atoms with Gasteiger partial charge in [-0.3, -0.25) is 4.79 Å². The van der Waals surface area contributed by atoms with Crippen LogP contribution in [0, 0.1) is 20.8 Å². The molecule has 2 aromatic rings. The van der Waals surface area contributed by atoms with E-state index in [2.05, 4.69) is 29.3 Å². The Bertz CT molecular complexity index is 764. The van der Waals surface area contributed by atoms with Gasteiger partial charge in [0.15, 0.2) is 6.61 Å². The zero-order valence-corrected chi connectivity index (χ0v) is 17.1. The Morgan fingerprint density at radius 2 is 1.78 bits per heavy atom. The van der Waals surface area contributed by atoms with Crippen molar-refractivity contribution in [1.29, 1.82) is 0 Å². The van der Waals surface area contributed by atoms with Crippen molar-refractivity contribution in [3.05, 3.63) is 58.7 Å². The fraction of sp³-hybridized carbons (Fsp3) is 0.409. The maximum atomic E-state index is 12.3. The highest BCUT2D eigenvalue weighted by Crippen LogP contribution is 2.25. The number of methoxy groups -OCH3 is 1. The monoisotopic (exact) mass is 370 g/mol. The molecule has 0 radical (unpaired) electrons. The molecule has 0 heterocycles. The zero-order valence-electron chi connectivity index (χ0n) is 17.1. The molecule has 0 saturated heterocycles. The summed E-state index contributed by atoms with van der Waals surface area (Å²) in [5.41, 5.74) is 4.37. The van der Waals surface area contributed by atoms with Crippen LogP contribution in [0.3, 0.4) is 0 Å². The molecule has 0 aliphatic carbocycles. The molecule has 5 nitrogen and oxygen atoms in total. The summed E-state index contributed by atoms with van der Waals surface area (Å²) in [6, 6.07) is 12.1. The molecule has 1 atom stereocenters. The maximum Gasteiger partial charge on any atom is 0.258 e. The van der Waals surface area contributed by atoms with E-state index in [1.807, 2.05) is 52.2 Å². The van der Waals surface area contributed by atoms with E-state index in [1.54, 1.807) is 7.11 Å². The van der Waals surface area contributed by atoms with Gasteiger partial charge in [-0.2, -0.15) is 0 Å².